The van der Waals surface area contributed by atoms with Crippen LogP contribution >= 0.6 is 0 Å². The summed E-state index contributed by atoms with van der Waals surface area (Å²) in [5, 5.41) is 7.62. The van der Waals surface area contributed by atoms with Crippen LogP contribution in [0.5, 0.6) is 0 Å². The lowest BCUT2D eigenvalue weighted by Gasteiger charge is -2.21. The van der Waals surface area contributed by atoms with Crippen LogP contribution in [0.2, 0.25) is 0 Å². The first-order valence-corrected chi connectivity index (χ1v) is 10.8. The maximum Gasteiger partial charge on any atom is 0.281 e. The Morgan fingerprint density at radius 1 is 1.03 bits per heavy atom. The molecule has 0 aliphatic carbocycles. The third-order valence-electron chi connectivity index (χ3n) is 5.33. The van der Waals surface area contributed by atoms with Crippen LogP contribution in [0.4, 0.5) is 16.0 Å². The molecule has 2 heterocycles. The van der Waals surface area contributed by atoms with Gasteiger partial charge in [0.15, 0.2) is 5.82 Å². The fraction of sp³-hybridized carbons (Fsp3) is 0.200. The van der Waals surface area contributed by atoms with Gasteiger partial charge < -0.3 is 10.2 Å². The van der Waals surface area contributed by atoms with E-state index < -0.39 is 11.7 Å². The Bertz CT molecular complexity index is 1200. The number of hydrogen-bond donors (Lipinski definition) is 1. The first kappa shape index (κ1) is 22.1. The summed E-state index contributed by atoms with van der Waals surface area (Å²) >= 11 is 0. The molecule has 0 atom stereocenters. The van der Waals surface area contributed by atoms with E-state index in [9.17, 15) is 9.18 Å². The lowest BCUT2D eigenvalue weighted by molar-refractivity contribution is 0.0947. The Kier molecular flexibility index (Phi) is 6.73. The molecule has 8 heteroatoms. The molecule has 4 rings (SSSR count). The largest absolute Gasteiger partial charge is 0.372 e. The zero-order chi connectivity index (χ0) is 23.2. The maximum atomic E-state index is 13.3. The molecule has 0 unspecified atom stereocenters. The van der Waals surface area contributed by atoms with E-state index in [1.807, 2.05) is 18.2 Å². The van der Waals surface area contributed by atoms with E-state index in [0.717, 1.165) is 24.3 Å². The number of aromatic nitrogens is 4. The molecule has 2 aromatic heterocycles. The van der Waals surface area contributed by atoms with Gasteiger partial charge in [-0.3, -0.25) is 9.78 Å². The van der Waals surface area contributed by atoms with Gasteiger partial charge in [0.2, 0.25) is 5.95 Å². The highest BCUT2D eigenvalue weighted by Gasteiger charge is 2.19. The predicted octanol–water partition coefficient (Wildman–Crippen LogP) is 4.63. The van der Waals surface area contributed by atoms with Crippen molar-refractivity contribution in [2.24, 2.45) is 0 Å². The van der Waals surface area contributed by atoms with Gasteiger partial charge in [-0.25, -0.2) is 4.39 Å². The van der Waals surface area contributed by atoms with Crippen LogP contribution in [0.15, 0.2) is 73.1 Å². The molecule has 168 valence electrons. The molecular formula is C25H25FN6O. The molecule has 2 aromatic carbocycles. The van der Waals surface area contributed by atoms with E-state index in [1.54, 1.807) is 18.5 Å². The number of carbonyl (C=O) groups excluding carboxylic acids is 1. The average molecular weight is 445 g/mol. The maximum absolute atomic E-state index is 13.3. The molecule has 0 fully saturated rings. The van der Waals surface area contributed by atoms with Gasteiger partial charge in [0.25, 0.3) is 5.91 Å². The molecule has 0 bridgehead atoms. The summed E-state index contributed by atoms with van der Waals surface area (Å²) in [6.45, 7) is 6.60. The second-order valence-corrected chi connectivity index (χ2v) is 7.42. The van der Waals surface area contributed by atoms with Crippen molar-refractivity contribution in [3.8, 4) is 11.4 Å². The normalized spacial score (nSPS) is 10.8. The van der Waals surface area contributed by atoms with Gasteiger partial charge in [-0.05, 0) is 67.9 Å². The second-order valence-electron chi connectivity index (χ2n) is 7.42. The van der Waals surface area contributed by atoms with Gasteiger partial charge in [-0.1, -0.05) is 12.1 Å². The lowest BCUT2D eigenvalue weighted by Crippen LogP contribution is -2.21. The number of nitrogens with zero attached hydrogens (tertiary/aromatic N) is 5. The second kappa shape index (κ2) is 10.0. The number of nitrogens with one attached hydrogen (secondary N) is 1. The Hall–Kier alpha value is -4.07. The van der Waals surface area contributed by atoms with Crippen LogP contribution < -0.4 is 10.2 Å². The first-order chi connectivity index (χ1) is 16.1. The number of rotatable bonds is 8. The molecule has 1 N–H and O–H groups in total. The lowest BCUT2D eigenvalue weighted by atomic mass is 10.2. The van der Waals surface area contributed by atoms with Crippen molar-refractivity contribution in [2.75, 3.05) is 23.3 Å². The van der Waals surface area contributed by atoms with Crippen LogP contribution in [0.1, 0.15) is 29.8 Å². The highest BCUT2D eigenvalue weighted by molar-refractivity contribution is 5.97. The van der Waals surface area contributed by atoms with Crippen molar-refractivity contribution in [3.05, 3.63) is 90.0 Å². The zero-order valence-corrected chi connectivity index (χ0v) is 18.6. The summed E-state index contributed by atoms with van der Waals surface area (Å²) in [7, 11) is 0. The van der Waals surface area contributed by atoms with E-state index in [4.69, 9.17) is 0 Å². The number of anilines is 2. The summed E-state index contributed by atoms with van der Waals surface area (Å²) in [6, 6.07) is 17.2. The SMILES string of the molecule is CCN(CC)c1ccc(CNc2nc(-c3cccnc3)nn2C(=O)c2ccc(F)cc2)cc1. The molecular weight excluding hydrogens is 419 g/mol. The summed E-state index contributed by atoms with van der Waals surface area (Å²) in [6.07, 6.45) is 3.29. The van der Waals surface area contributed by atoms with Crippen molar-refractivity contribution in [1.82, 2.24) is 19.7 Å². The van der Waals surface area contributed by atoms with Crippen molar-refractivity contribution in [2.45, 2.75) is 20.4 Å². The Morgan fingerprint density at radius 3 is 2.39 bits per heavy atom. The van der Waals surface area contributed by atoms with Crippen LogP contribution in [0.3, 0.4) is 0 Å². The summed E-state index contributed by atoms with van der Waals surface area (Å²) in [5.74, 6) is -0.140. The molecule has 0 saturated heterocycles. The zero-order valence-electron chi connectivity index (χ0n) is 18.6. The number of carbonyl (C=O) groups is 1. The summed E-state index contributed by atoms with van der Waals surface area (Å²) in [4.78, 5) is 24.0. The third-order valence-corrected chi connectivity index (χ3v) is 5.33. The van der Waals surface area contributed by atoms with Gasteiger partial charge in [0, 0.05) is 48.8 Å². The monoisotopic (exact) mass is 444 g/mol. The smallest absolute Gasteiger partial charge is 0.281 e. The molecule has 7 nitrogen and oxygen atoms in total. The highest BCUT2D eigenvalue weighted by Crippen LogP contribution is 2.20. The van der Waals surface area contributed by atoms with E-state index >= 15 is 0 Å². The van der Waals surface area contributed by atoms with Crippen molar-refractivity contribution in [3.63, 3.8) is 0 Å². The third kappa shape index (κ3) is 5.06. The number of halogens is 1. The van der Waals surface area contributed by atoms with Gasteiger partial charge >= 0.3 is 0 Å². The van der Waals surface area contributed by atoms with Crippen molar-refractivity contribution < 1.29 is 9.18 Å². The topological polar surface area (TPSA) is 75.9 Å². The molecule has 0 aliphatic heterocycles. The molecule has 0 saturated carbocycles. The summed E-state index contributed by atoms with van der Waals surface area (Å²) < 4.78 is 14.5. The van der Waals surface area contributed by atoms with E-state index in [1.165, 1.54) is 28.9 Å². The van der Waals surface area contributed by atoms with Gasteiger partial charge in [-0.2, -0.15) is 9.67 Å². The minimum absolute atomic E-state index is 0.302. The Morgan fingerprint density at radius 2 is 1.76 bits per heavy atom. The fourth-order valence-corrected chi connectivity index (χ4v) is 3.49. The average Bonchev–Trinajstić information content (AvgIpc) is 3.29. The quantitative estimate of drug-likeness (QED) is 0.427. The van der Waals surface area contributed by atoms with Crippen LogP contribution in [-0.2, 0) is 6.54 Å². The molecule has 0 radical (unpaired) electrons. The number of benzene rings is 2. The van der Waals surface area contributed by atoms with Gasteiger partial charge in [0.05, 0.1) is 0 Å². The first-order valence-electron chi connectivity index (χ1n) is 10.8. The molecule has 33 heavy (non-hydrogen) atoms. The van der Waals surface area contributed by atoms with Crippen LogP contribution in [0.25, 0.3) is 11.4 Å². The van der Waals surface area contributed by atoms with Gasteiger partial charge in [0.1, 0.15) is 5.82 Å². The Balaban J connectivity index is 1.60. The minimum Gasteiger partial charge on any atom is -0.372 e. The molecule has 0 amide bonds. The van der Waals surface area contributed by atoms with Gasteiger partial charge in [-0.15, -0.1) is 5.10 Å². The van der Waals surface area contributed by atoms with Crippen LogP contribution in [-0.4, -0.2) is 38.7 Å². The standard InChI is InChI=1S/C25H25FN6O/c1-3-31(4-2)22-13-7-18(8-14-22)16-28-25-29-23(20-6-5-15-27-17-20)30-32(25)24(33)19-9-11-21(26)12-10-19/h5-15,17H,3-4,16H2,1-2H3,(H,28,29,30). The molecule has 0 aliphatic rings. The van der Waals surface area contributed by atoms with Crippen molar-refractivity contribution in [1.29, 1.82) is 0 Å². The van der Waals surface area contributed by atoms with E-state index in [0.29, 0.717) is 29.4 Å². The molecule has 0 spiro atoms. The molecule has 4 aromatic rings. The summed E-state index contributed by atoms with van der Waals surface area (Å²) in [5.41, 5.74) is 3.20. The number of hydrogen-bond acceptors (Lipinski definition) is 6. The van der Waals surface area contributed by atoms with Crippen LogP contribution in [0, 0.1) is 5.82 Å². The van der Waals surface area contributed by atoms with Crippen molar-refractivity contribution >= 4 is 17.5 Å². The Labute approximate surface area is 191 Å². The highest BCUT2D eigenvalue weighted by atomic mass is 19.1. The minimum atomic E-state index is -0.410. The van der Waals surface area contributed by atoms with E-state index in [-0.39, 0.29) is 0 Å². The predicted molar refractivity (Wildman–Crippen MR) is 127 cm³/mol. The fourth-order valence-electron chi connectivity index (χ4n) is 3.49. The number of pyridine rings is 1. The van der Waals surface area contributed by atoms with E-state index in [2.05, 4.69) is 51.3 Å².